The van der Waals surface area contributed by atoms with E-state index < -0.39 is 0 Å². The topological polar surface area (TPSA) is 77.2 Å². The maximum Gasteiger partial charge on any atom is 0.262 e. The summed E-state index contributed by atoms with van der Waals surface area (Å²) in [5.41, 5.74) is 2.60. The van der Waals surface area contributed by atoms with Crippen LogP contribution >= 0.6 is 0 Å². The standard InChI is InChI=1S/C19H19N3O3/c1-3-18-21-22-19(25-18)14-8-10-15(11-9-14)24-12-17(23)20-16-7-5-4-6-13(16)2/h4-11H,3,12H2,1-2H3,(H,20,23). The SMILES string of the molecule is CCc1nnc(-c2ccc(OCC(=O)Nc3ccccc3C)cc2)o1. The molecule has 25 heavy (non-hydrogen) atoms. The Morgan fingerprint density at radius 2 is 1.88 bits per heavy atom. The molecule has 1 heterocycles. The number of para-hydroxylation sites is 1. The number of rotatable bonds is 6. The van der Waals surface area contributed by atoms with Gasteiger partial charge < -0.3 is 14.5 Å². The van der Waals surface area contributed by atoms with Crippen molar-refractivity contribution in [3.05, 3.63) is 60.0 Å². The van der Waals surface area contributed by atoms with Crippen molar-refractivity contribution in [2.45, 2.75) is 20.3 Å². The highest BCUT2D eigenvalue weighted by atomic mass is 16.5. The van der Waals surface area contributed by atoms with Crippen molar-refractivity contribution in [2.75, 3.05) is 11.9 Å². The van der Waals surface area contributed by atoms with Gasteiger partial charge in [0.05, 0.1) is 0 Å². The number of amides is 1. The van der Waals surface area contributed by atoms with E-state index in [1.807, 2.05) is 50.2 Å². The zero-order chi connectivity index (χ0) is 17.6. The van der Waals surface area contributed by atoms with Crippen molar-refractivity contribution in [1.29, 1.82) is 0 Å². The number of aryl methyl sites for hydroxylation is 2. The van der Waals surface area contributed by atoms with Gasteiger partial charge in [0.25, 0.3) is 5.91 Å². The predicted octanol–water partition coefficient (Wildman–Crippen LogP) is 3.62. The summed E-state index contributed by atoms with van der Waals surface area (Å²) < 4.78 is 11.0. The number of nitrogens with zero attached hydrogens (tertiary/aromatic N) is 2. The van der Waals surface area contributed by atoms with E-state index in [0.29, 0.717) is 24.0 Å². The molecule has 0 spiro atoms. The second kappa shape index (κ2) is 7.61. The van der Waals surface area contributed by atoms with E-state index in [0.717, 1.165) is 16.8 Å². The molecule has 0 fully saturated rings. The second-order valence-electron chi connectivity index (χ2n) is 5.53. The van der Waals surface area contributed by atoms with E-state index >= 15 is 0 Å². The number of benzene rings is 2. The van der Waals surface area contributed by atoms with Crippen LogP contribution in [0.4, 0.5) is 5.69 Å². The predicted molar refractivity (Wildman–Crippen MR) is 94.4 cm³/mol. The highest BCUT2D eigenvalue weighted by molar-refractivity contribution is 5.92. The van der Waals surface area contributed by atoms with Crippen LogP contribution in [0, 0.1) is 6.92 Å². The average Bonchev–Trinajstić information content (AvgIpc) is 3.12. The van der Waals surface area contributed by atoms with Gasteiger partial charge in [-0.3, -0.25) is 4.79 Å². The Morgan fingerprint density at radius 3 is 2.56 bits per heavy atom. The Labute approximate surface area is 145 Å². The Balaban J connectivity index is 1.56. The molecule has 0 saturated carbocycles. The molecule has 1 N–H and O–H groups in total. The summed E-state index contributed by atoms with van der Waals surface area (Å²) >= 11 is 0. The van der Waals surface area contributed by atoms with Gasteiger partial charge in [0.1, 0.15) is 5.75 Å². The van der Waals surface area contributed by atoms with E-state index in [1.54, 1.807) is 12.1 Å². The molecule has 0 atom stereocenters. The van der Waals surface area contributed by atoms with E-state index in [9.17, 15) is 4.79 Å². The molecule has 1 amide bonds. The lowest BCUT2D eigenvalue weighted by Gasteiger charge is -2.09. The molecular weight excluding hydrogens is 318 g/mol. The van der Waals surface area contributed by atoms with Gasteiger partial charge >= 0.3 is 0 Å². The maximum absolute atomic E-state index is 12.0. The molecule has 6 heteroatoms. The van der Waals surface area contributed by atoms with Crippen LogP contribution in [0.1, 0.15) is 18.4 Å². The quantitative estimate of drug-likeness (QED) is 0.743. The first-order valence-electron chi connectivity index (χ1n) is 8.07. The maximum atomic E-state index is 12.0. The van der Waals surface area contributed by atoms with Gasteiger partial charge in [-0.1, -0.05) is 25.1 Å². The highest BCUT2D eigenvalue weighted by Gasteiger charge is 2.08. The van der Waals surface area contributed by atoms with Crippen molar-refractivity contribution in [3.8, 4) is 17.2 Å². The van der Waals surface area contributed by atoms with E-state index in [2.05, 4.69) is 15.5 Å². The first kappa shape index (κ1) is 16.7. The van der Waals surface area contributed by atoms with Crippen LogP contribution in [-0.4, -0.2) is 22.7 Å². The average molecular weight is 337 g/mol. The van der Waals surface area contributed by atoms with Crippen LogP contribution in [0.15, 0.2) is 52.9 Å². The van der Waals surface area contributed by atoms with Crippen LogP contribution in [-0.2, 0) is 11.2 Å². The van der Waals surface area contributed by atoms with Crippen LogP contribution in [0.25, 0.3) is 11.5 Å². The van der Waals surface area contributed by atoms with Gasteiger partial charge in [0.15, 0.2) is 6.61 Å². The summed E-state index contributed by atoms with van der Waals surface area (Å²) in [5, 5.41) is 10.8. The van der Waals surface area contributed by atoms with Crippen molar-refractivity contribution in [1.82, 2.24) is 10.2 Å². The lowest BCUT2D eigenvalue weighted by molar-refractivity contribution is -0.118. The summed E-state index contributed by atoms with van der Waals surface area (Å²) in [7, 11) is 0. The fraction of sp³-hybridized carbons (Fsp3) is 0.211. The minimum atomic E-state index is -0.206. The lowest BCUT2D eigenvalue weighted by Crippen LogP contribution is -2.20. The Kier molecular flexibility index (Phi) is 5.09. The lowest BCUT2D eigenvalue weighted by atomic mass is 10.2. The largest absolute Gasteiger partial charge is 0.484 e. The molecule has 0 bridgehead atoms. The molecule has 1 aromatic heterocycles. The molecule has 128 valence electrons. The number of carbonyl (C=O) groups is 1. The molecular formula is C19H19N3O3. The number of hydrogen-bond donors (Lipinski definition) is 1. The smallest absolute Gasteiger partial charge is 0.262 e. The molecule has 3 aromatic rings. The molecule has 0 aliphatic rings. The summed E-state index contributed by atoms with van der Waals surface area (Å²) in [5.74, 6) is 1.46. The van der Waals surface area contributed by atoms with Gasteiger partial charge in [-0.15, -0.1) is 10.2 Å². The summed E-state index contributed by atoms with van der Waals surface area (Å²) in [6.45, 7) is 3.83. The number of nitrogens with one attached hydrogen (secondary N) is 1. The third-order valence-corrected chi connectivity index (χ3v) is 3.66. The van der Waals surface area contributed by atoms with E-state index in [4.69, 9.17) is 9.15 Å². The van der Waals surface area contributed by atoms with Crippen LogP contribution in [0.2, 0.25) is 0 Å². The molecule has 0 aliphatic carbocycles. The van der Waals surface area contributed by atoms with Gasteiger partial charge in [-0.25, -0.2) is 0 Å². The molecule has 3 rings (SSSR count). The van der Waals surface area contributed by atoms with E-state index in [1.165, 1.54) is 0 Å². The number of anilines is 1. The Morgan fingerprint density at radius 1 is 1.12 bits per heavy atom. The zero-order valence-corrected chi connectivity index (χ0v) is 14.2. The fourth-order valence-electron chi connectivity index (χ4n) is 2.26. The summed E-state index contributed by atoms with van der Waals surface area (Å²) in [6, 6.07) is 14.8. The van der Waals surface area contributed by atoms with Crippen molar-refractivity contribution in [3.63, 3.8) is 0 Å². The fourth-order valence-corrected chi connectivity index (χ4v) is 2.26. The number of aromatic nitrogens is 2. The number of carbonyl (C=O) groups excluding carboxylic acids is 1. The normalized spacial score (nSPS) is 10.5. The molecule has 0 radical (unpaired) electrons. The Hall–Kier alpha value is -3.15. The number of ether oxygens (including phenoxy) is 1. The van der Waals surface area contributed by atoms with Gasteiger partial charge in [-0.05, 0) is 42.8 Å². The van der Waals surface area contributed by atoms with Crippen LogP contribution in [0.5, 0.6) is 5.75 Å². The first-order valence-corrected chi connectivity index (χ1v) is 8.07. The molecule has 0 saturated heterocycles. The summed E-state index contributed by atoms with van der Waals surface area (Å²) in [6.07, 6.45) is 0.699. The molecule has 0 aliphatic heterocycles. The minimum Gasteiger partial charge on any atom is -0.484 e. The second-order valence-corrected chi connectivity index (χ2v) is 5.53. The van der Waals surface area contributed by atoms with Crippen molar-refractivity contribution in [2.24, 2.45) is 0 Å². The molecule has 6 nitrogen and oxygen atoms in total. The van der Waals surface area contributed by atoms with E-state index in [-0.39, 0.29) is 12.5 Å². The molecule has 2 aromatic carbocycles. The van der Waals surface area contributed by atoms with Gasteiger partial charge in [0.2, 0.25) is 11.8 Å². The van der Waals surface area contributed by atoms with Crippen LogP contribution in [0.3, 0.4) is 0 Å². The van der Waals surface area contributed by atoms with Crippen molar-refractivity contribution < 1.29 is 13.9 Å². The third-order valence-electron chi connectivity index (χ3n) is 3.66. The molecule has 0 unspecified atom stereocenters. The first-order chi connectivity index (χ1) is 12.2. The van der Waals surface area contributed by atoms with Gasteiger partial charge in [0, 0.05) is 17.7 Å². The minimum absolute atomic E-state index is 0.0613. The zero-order valence-electron chi connectivity index (χ0n) is 14.2. The van der Waals surface area contributed by atoms with Gasteiger partial charge in [-0.2, -0.15) is 0 Å². The number of hydrogen-bond acceptors (Lipinski definition) is 5. The third kappa shape index (κ3) is 4.23. The monoisotopic (exact) mass is 337 g/mol. The van der Waals surface area contributed by atoms with Crippen LogP contribution < -0.4 is 10.1 Å². The highest BCUT2D eigenvalue weighted by Crippen LogP contribution is 2.21. The Bertz CT molecular complexity index is 856. The summed E-state index contributed by atoms with van der Waals surface area (Å²) in [4.78, 5) is 12.0. The van der Waals surface area contributed by atoms with Crippen molar-refractivity contribution >= 4 is 11.6 Å².